The van der Waals surface area contributed by atoms with Gasteiger partial charge in [0.15, 0.2) is 0 Å². The predicted octanol–water partition coefficient (Wildman–Crippen LogP) is -2.19. The van der Waals surface area contributed by atoms with Crippen LogP contribution in [0.3, 0.4) is 0 Å². The average Bonchev–Trinajstić information content (AvgIpc) is 2.29. The van der Waals surface area contributed by atoms with Crippen LogP contribution in [0.4, 0.5) is 0 Å². The van der Waals surface area contributed by atoms with Gasteiger partial charge in [-0.25, -0.2) is 0 Å². The van der Waals surface area contributed by atoms with Crippen LogP contribution >= 0.6 is 0 Å². The van der Waals surface area contributed by atoms with Gasteiger partial charge in [0.05, 0.1) is 19.3 Å². The van der Waals surface area contributed by atoms with Gasteiger partial charge in [0.1, 0.15) is 6.10 Å². The Hall–Kier alpha value is -0.200. The molecular formula is C6H12O5. The normalized spacial score (nSPS) is 44.7. The summed E-state index contributed by atoms with van der Waals surface area (Å²) < 4.78 is 4.77. The molecule has 0 saturated carbocycles. The van der Waals surface area contributed by atoms with Gasteiger partial charge in [-0.2, -0.15) is 0 Å². The van der Waals surface area contributed by atoms with E-state index in [1.165, 1.54) is 0 Å². The van der Waals surface area contributed by atoms with Crippen LogP contribution in [0.5, 0.6) is 0 Å². The molecule has 0 radical (unpaired) electrons. The van der Waals surface area contributed by atoms with Gasteiger partial charge in [0.2, 0.25) is 5.79 Å². The van der Waals surface area contributed by atoms with Crippen molar-refractivity contribution in [2.45, 2.75) is 24.4 Å². The van der Waals surface area contributed by atoms with Crippen LogP contribution in [0.1, 0.15) is 6.42 Å². The first-order chi connectivity index (χ1) is 5.12. The van der Waals surface area contributed by atoms with Crippen molar-refractivity contribution in [2.24, 2.45) is 0 Å². The molecule has 1 aliphatic rings. The van der Waals surface area contributed by atoms with Crippen LogP contribution < -0.4 is 0 Å². The van der Waals surface area contributed by atoms with Crippen LogP contribution in [0.2, 0.25) is 0 Å². The largest absolute Gasteiger partial charge is 0.394 e. The summed E-state index contributed by atoms with van der Waals surface area (Å²) in [7, 11) is 0. The minimum atomic E-state index is -1.88. The summed E-state index contributed by atoms with van der Waals surface area (Å²) in [4.78, 5) is 0. The lowest BCUT2D eigenvalue weighted by atomic mass is 10.1. The Labute approximate surface area is 63.8 Å². The zero-order chi connectivity index (χ0) is 8.48. The summed E-state index contributed by atoms with van der Waals surface area (Å²) in [5.41, 5.74) is 0. The Kier molecular flexibility index (Phi) is 2.46. The van der Waals surface area contributed by atoms with Crippen LogP contribution in [0.25, 0.3) is 0 Å². The first-order valence-electron chi connectivity index (χ1n) is 3.42. The highest BCUT2D eigenvalue weighted by molar-refractivity contribution is 4.87. The van der Waals surface area contributed by atoms with E-state index in [0.29, 0.717) is 0 Å². The van der Waals surface area contributed by atoms with Gasteiger partial charge in [0.25, 0.3) is 0 Å². The fourth-order valence-corrected chi connectivity index (χ4v) is 1.10. The second-order valence-electron chi connectivity index (χ2n) is 2.68. The number of hydrogen-bond acceptors (Lipinski definition) is 5. The Morgan fingerprint density at radius 1 is 1.45 bits per heavy atom. The van der Waals surface area contributed by atoms with E-state index >= 15 is 0 Å². The van der Waals surface area contributed by atoms with Crippen molar-refractivity contribution >= 4 is 0 Å². The molecule has 3 unspecified atom stereocenters. The smallest absolute Gasteiger partial charge is 0.216 e. The van der Waals surface area contributed by atoms with E-state index in [1.807, 2.05) is 0 Å². The number of ether oxygens (including phenoxy) is 1. The molecule has 0 aromatic heterocycles. The summed E-state index contributed by atoms with van der Waals surface area (Å²) in [6.07, 6.45) is -1.56. The molecule has 1 aliphatic heterocycles. The fourth-order valence-electron chi connectivity index (χ4n) is 1.10. The summed E-state index contributed by atoms with van der Waals surface area (Å²) in [6, 6.07) is 0. The second-order valence-corrected chi connectivity index (χ2v) is 2.68. The quantitative estimate of drug-likeness (QED) is 0.372. The van der Waals surface area contributed by atoms with Gasteiger partial charge in [-0.3, -0.25) is 0 Å². The molecule has 1 heterocycles. The summed E-state index contributed by atoms with van der Waals surface area (Å²) >= 11 is 0. The van der Waals surface area contributed by atoms with Gasteiger partial charge >= 0.3 is 0 Å². The SMILES string of the molecule is OCC1CC(O)C(O)(CO)O1. The molecule has 0 amide bonds. The van der Waals surface area contributed by atoms with Crippen LogP contribution in [-0.2, 0) is 4.74 Å². The zero-order valence-electron chi connectivity index (χ0n) is 5.97. The van der Waals surface area contributed by atoms with Gasteiger partial charge in [0, 0.05) is 6.42 Å². The highest BCUT2D eigenvalue weighted by atomic mass is 16.7. The van der Waals surface area contributed by atoms with E-state index < -0.39 is 24.6 Å². The molecule has 66 valence electrons. The van der Waals surface area contributed by atoms with Crippen molar-refractivity contribution in [3.05, 3.63) is 0 Å². The standard InChI is InChI=1S/C6H12O5/c7-2-4-1-5(9)6(10,3-8)11-4/h4-5,7-10H,1-3H2. The molecule has 0 spiro atoms. The van der Waals surface area contributed by atoms with E-state index in [2.05, 4.69) is 0 Å². The first kappa shape index (κ1) is 8.89. The number of rotatable bonds is 2. The van der Waals surface area contributed by atoms with E-state index in [-0.39, 0.29) is 13.0 Å². The van der Waals surface area contributed by atoms with Gasteiger partial charge in [-0.1, -0.05) is 0 Å². The molecule has 4 N–H and O–H groups in total. The molecule has 5 heteroatoms. The molecule has 0 aromatic rings. The van der Waals surface area contributed by atoms with Crippen molar-refractivity contribution in [3.8, 4) is 0 Å². The first-order valence-corrected chi connectivity index (χ1v) is 3.42. The van der Waals surface area contributed by atoms with Gasteiger partial charge in [-0.15, -0.1) is 0 Å². The van der Waals surface area contributed by atoms with Crippen LogP contribution in [0, 0.1) is 0 Å². The van der Waals surface area contributed by atoms with E-state index in [9.17, 15) is 5.11 Å². The predicted molar refractivity (Wildman–Crippen MR) is 34.6 cm³/mol. The number of hydrogen-bond donors (Lipinski definition) is 4. The maximum Gasteiger partial charge on any atom is 0.216 e. The maximum atomic E-state index is 9.24. The Morgan fingerprint density at radius 3 is 2.36 bits per heavy atom. The van der Waals surface area contributed by atoms with Crippen LogP contribution in [-0.4, -0.2) is 51.6 Å². The van der Waals surface area contributed by atoms with Crippen molar-refractivity contribution in [3.63, 3.8) is 0 Å². The maximum absolute atomic E-state index is 9.24. The lowest BCUT2D eigenvalue weighted by Gasteiger charge is -2.22. The van der Waals surface area contributed by atoms with E-state index in [1.54, 1.807) is 0 Å². The molecule has 0 aliphatic carbocycles. The van der Waals surface area contributed by atoms with Crippen LogP contribution in [0.15, 0.2) is 0 Å². The molecule has 11 heavy (non-hydrogen) atoms. The van der Waals surface area contributed by atoms with Crippen molar-refractivity contribution < 1.29 is 25.2 Å². The van der Waals surface area contributed by atoms with Crippen molar-refractivity contribution in [1.82, 2.24) is 0 Å². The molecule has 1 saturated heterocycles. The Bertz CT molecular complexity index is 139. The Balaban J connectivity index is 2.57. The molecule has 0 aromatic carbocycles. The average molecular weight is 164 g/mol. The van der Waals surface area contributed by atoms with E-state index in [0.717, 1.165) is 0 Å². The van der Waals surface area contributed by atoms with Crippen molar-refractivity contribution in [2.75, 3.05) is 13.2 Å². The monoisotopic (exact) mass is 164 g/mol. The summed E-state index contributed by atoms with van der Waals surface area (Å²) in [5, 5.41) is 35.5. The highest BCUT2D eigenvalue weighted by Gasteiger charge is 2.45. The second kappa shape index (κ2) is 3.04. The molecule has 0 bridgehead atoms. The summed E-state index contributed by atoms with van der Waals surface area (Å²) in [6.45, 7) is -0.927. The third-order valence-corrected chi connectivity index (χ3v) is 1.81. The molecule has 5 nitrogen and oxygen atoms in total. The number of aliphatic hydroxyl groups excluding tert-OH is 3. The lowest BCUT2D eigenvalue weighted by molar-refractivity contribution is -0.247. The minimum absolute atomic E-state index is 0.146. The molecule has 1 rings (SSSR count). The zero-order valence-corrected chi connectivity index (χ0v) is 5.97. The minimum Gasteiger partial charge on any atom is -0.394 e. The third kappa shape index (κ3) is 1.52. The molecular weight excluding hydrogens is 152 g/mol. The number of aliphatic hydroxyl groups is 4. The molecule has 3 atom stereocenters. The molecule has 1 fully saturated rings. The van der Waals surface area contributed by atoms with Crippen molar-refractivity contribution in [1.29, 1.82) is 0 Å². The third-order valence-electron chi connectivity index (χ3n) is 1.81. The van der Waals surface area contributed by atoms with Gasteiger partial charge < -0.3 is 25.2 Å². The summed E-state index contributed by atoms with van der Waals surface area (Å²) in [5.74, 6) is -1.88. The van der Waals surface area contributed by atoms with Gasteiger partial charge in [-0.05, 0) is 0 Å². The van der Waals surface area contributed by atoms with E-state index in [4.69, 9.17) is 20.1 Å². The fraction of sp³-hybridized carbons (Fsp3) is 1.00. The Morgan fingerprint density at radius 2 is 2.09 bits per heavy atom. The lowest BCUT2D eigenvalue weighted by Crippen LogP contribution is -2.43. The highest BCUT2D eigenvalue weighted by Crippen LogP contribution is 2.27. The topological polar surface area (TPSA) is 90.2 Å².